The third-order valence-corrected chi connectivity index (χ3v) is 5.11. The zero-order valence-electron chi connectivity index (χ0n) is 15.2. The van der Waals surface area contributed by atoms with Crippen LogP contribution in [0.2, 0.25) is 5.02 Å². The quantitative estimate of drug-likeness (QED) is 0.801. The predicted molar refractivity (Wildman–Crippen MR) is 105 cm³/mol. The lowest BCUT2D eigenvalue weighted by molar-refractivity contribution is -0.133. The van der Waals surface area contributed by atoms with Crippen molar-refractivity contribution in [2.75, 3.05) is 32.8 Å². The number of aryl methyl sites for hydroxylation is 1. The van der Waals surface area contributed by atoms with Crippen molar-refractivity contribution in [3.05, 3.63) is 64.7 Å². The summed E-state index contributed by atoms with van der Waals surface area (Å²) in [6, 6.07) is 15.9. The van der Waals surface area contributed by atoms with E-state index in [2.05, 4.69) is 29.2 Å². The van der Waals surface area contributed by atoms with Crippen molar-refractivity contribution in [1.82, 2.24) is 9.80 Å². The third-order valence-electron chi connectivity index (χ3n) is 4.68. The van der Waals surface area contributed by atoms with Crippen molar-refractivity contribution in [1.29, 1.82) is 0 Å². The van der Waals surface area contributed by atoms with Gasteiger partial charge in [-0.3, -0.25) is 9.69 Å². The number of carbonyl (C=O) groups is 1. The molecule has 0 atom stereocenters. The first-order chi connectivity index (χ1) is 12.6. The minimum Gasteiger partial charge on any atom is -0.484 e. The Bertz CT molecular complexity index is 736. The molecular weight excluding hydrogens is 348 g/mol. The number of nitrogens with zero attached hydrogens (tertiary/aromatic N) is 2. The predicted octanol–water partition coefficient (Wildman–Crippen LogP) is 3.76. The number of rotatable bonds is 5. The van der Waals surface area contributed by atoms with Gasteiger partial charge in [-0.2, -0.15) is 0 Å². The Balaban J connectivity index is 1.48. The lowest BCUT2D eigenvalue weighted by Gasteiger charge is -2.22. The van der Waals surface area contributed by atoms with Gasteiger partial charge in [-0.05, 0) is 42.7 Å². The van der Waals surface area contributed by atoms with Crippen molar-refractivity contribution in [2.24, 2.45) is 0 Å². The normalized spacial score (nSPS) is 15.5. The zero-order chi connectivity index (χ0) is 18.4. The highest BCUT2D eigenvalue weighted by molar-refractivity contribution is 6.31. The maximum atomic E-state index is 12.5. The van der Waals surface area contributed by atoms with E-state index in [1.165, 1.54) is 5.56 Å². The highest BCUT2D eigenvalue weighted by Crippen LogP contribution is 2.21. The highest BCUT2D eigenvalue weighted by Gasteiger charge is 2.19. The van der Waals surface area contributed by atoms with Crippen molar-refractivity contribution in [3.8, 4) is 5.75 Å². The van der Waals surface area contributed by atoms with Crippen molar-refractivity contribution in [2.45, 2.75) is 19.9 Å². The van der Waals surface area contributed by atoms with Gasteiger partial charge in [-0.15, -0.1) is 0 Å². The number of benzene rings is 2. The summed E-state index contributed by atoms with van der Waals surface area (Å²) in [7, 11) is 0. The number of halogens is 1. The van der Waals surface area contributed by atoms with Gasteiger partial charge in [-0.25, -0.2) is 0 Å². The molecule has 26 heavy (non-hydrogen) atoms. The molecule has 0 N–H and O–H groups in total. The number of ether oxygens (including phenoxy) is 1. The summed E-state index contributed by atoms with van der Waals surface area (Å²) < 4.78 is 5.66. The minimum atomic E-state index is 0.0409. The molecule has 0 bridgehead atoms. The molecule has 3 rings (SSSR count). The smallest absolute Gasteiger partial charge is 0.260 e. The molecule has 0 aliphatic carbocycles. The summed E-state index contributed by atoms with van der Waals surface area (Å²) in [5.41, 5.74) is 2.26. The highest BCUT2D eigenvalue weighted by atomic mass is 35.5. The fourth-order valence-electron chi connectivity index (χ4n) is 3.16. The van der Waals surface area contributed by atoms with E-state index in [0.717, 1.165) is 44.7 Å². The Morgan fingerprint density at radius 1 is 1.08 bits per heavy atom. The van der Waals surface area contributed by atoms with E-state index in [-0.39, 0.29) is 12.5 Å². The molecule has 5 heteroatoms. The second-order valence-corrected chi connectivity index (χ2v) is 7.10. The molecule has 1 aliphatic heterocycles. The van der Waals surface area contributed by atoms with Crippen LogP contribution in [0.4, 0.5) is 0 Å². The van der Waals surface area contributed by atoms with E-state index < -0.39 is 0 Å². The molecule has 0 spiro atoms. The van der Waals surface area contributed by atoms with Gasteiger partial charge in [-0.1, -0.05) is 41.9 Å². The molecule has 4 nitrogen and oxygen atoms in total. The summed E-state index contributed by atoms with van der Waals surface area (Å²) in [5, 5.41) is 0.703. The monoisotopic (exact) mass is 372 g/mol. The lowest BCUT2D eigenvalue weighted by Crippen LogP contribution is -2.38. The van der Waals surface area contributed by atoms with Gasteiger partial charge in [0.2, 0.25) is 0 Å². The Labute approximate surface area is 160 Å². The second kappa shape index (κ2) is 9.06. The molecule has 1 aliphatic rings. The minimum absolute atomic E-state index is 0.0409. The number of carbonyl (C=O) groups excluding carboxylic acids is 1. The second-order valence-electron chi connectivity index (χ2n) is 6.70. The largest absolute Gasteiger partial charge is 0.484 e. The van der Waals surface area contributed by atoms with Crippen LogP contribution in [0.1, 0.15) is 17.5 Å². The molecule has 1 saturated heterocycles. The van der Waals surface area contributed by atoms with E-state index >= 15 is 0 Å². The van der Waals surface area contributed by atoms with Crippen LogP contribution >= 0.6 is 11.6 Å². The summed E-state index contributed by atoms with van der Waals surface area (Å²) in [6.07, 6.45) is 0.985. The summed E-state index contributed by atoms with van der Waals surface area (Å²) in [5.74, 6) is 0.722. The molecule has 1 amide bonds. The van der Waals surface area contributed by atoms with Crippen molar-refractivity contribution in [3.63, 3.8) is 0 Å². The van der Waals surface area contributed by atoms with E-state index in [0.29, 0.717) is 10.8 Å². The van der Waals surface area contributed by atoms with Crippen molar-refractivity contribution < 1.29 is 9.53 Å². The number of hydrogen-bond donors (Lipinski definition) is 0. The van der Waals surface area contributed by atoms with Crippen molar-refractivity contribution >= 4 is 17.5 Å². The molecule has 1 fully saturated rings. The van der Waals surface area contributed by atoms with Crippen LogP contribution in [0.3, 0.4) is 0 Å². The van der Waals surface area contributed by atoms with Crippen LogP contribution in [0, 0.1) is 6.92 Å². The van der Waals surface area contributed by atoms with Crippen LogP contribution in [0.5, 0.6) is 5.75 Å². The zero-order valence-corrected chi connectivity index (χ0v) is 15.9. The van der Waals surface area contributed by atoms with Crippen LogP contribution in [-0.2, 0) is 11.3 Å². The van der Waals surface area contributed by atoms with Crippen LogP contribution in [0.25, 0.3) is 0 Å². The molecule has 1 heterocycles. The first-order valence-corrected chi connectivity index (χ1v) is 9.42. The maximum Gasteiger partial charge on any atom is 0.260 e. The van der Waals surface area contributed by atoms with E-state index in [4.69, 9.17) is 16.3 Å². The molecule has 2 aromatic carbocycles. The van der Waals surface area contributed by atoms with Gasteiger partial charge >= 0.3 is 0 Å². The molecular formula is C21H25ClN2O2. The topological polar surface area (TPSA) is 32.8 Å². The summed E-state index contributed by atoms with van der Waals surface area (Å²) >= 11 is 6.02. The first-order valence-electron chi connectivity index (χ1n) is 9.05. The lowest BCUT2D eigenvalue weighted by atomic mass is 10.2. The van der Waals surface area contributed by atoms with Gasteiger partial charge in [0, 0.05) is 37.7 Å². The Hall–Kier alpha value is -2.04. The average molecular weight is 373 g/mol. The molecule has 0 radical (unpaired) electrons. The Morgan fingerprint density at radius 2 is 1.88 bits per heavy atom. The maximum absolute atomic E-state index is 12.5. The van der Waals surface area contributed by atoms with Crippen LogP contribution < -0.4 is 4.74 Å². The first kappa shape index (κ1) is 18.7. The number of amides is 1. The van der Waals surface area contributed by atoms with E-state index in [1.807, 2.05) is 24.0 Å². The van der Waals surface area contributed by atoms with Gasteiger partial charge in [0.05, 0.1) is 0 Å². The fraction of sp³-hybridized carbons (Fsp3) is 0.381. The standard InChI is InChI=1S/C21H25ClN2O2/c1-17-14-19(8-9-20(17)22)26-16-21(25)24-11-5-10-23(12-13-24)15-18-6-3-2-4-7-18/h2-4,6-9,14H,5,10-13,15-16H2,1H3. The average Bonchev–Trinajstić information content (AvgIpc) is 2.89. The van der Waals surface area contributed by atoms with Gasteiger partial charge < -0.3 is 9.64 Å². The van der Waals surface area contributed by atoms with Gasteiger partial charge in [0.1, 0.15) is 5.75 Å². The fourth-order valence-corrected chi connectivity index (χ4v) is 3.28. The molecule has 0 aromatic heterocycles. The Morgan fingerprint density at radius 3 is 2.65 bits per heavy atom. The van der Waals surface area contributed by atoms with E-state index in [9.17, 15) is 4.79 Å². The SMILES string of the molecule is Cc1cc(OCC(=O)N2CCCN(Cc3ccccc3)CC2)ccc1Cl. The molecule has 2 aromatic rings. The summed E-state index contributed by atoms with van der Waals surface area (Å²) in [6.45, 7) is 6.36. The molecule has 0 unspecified atom stereocenters. The van der Waals surface area contributed by atoms with E-state index in [1.54, 1.807) is 12.1 Å². The van der Waals surface area contributed by atoms with Crippen LogP contribution in [-0.4, -0.2) is 48.5 Å². The third kappa shape index (κ3) is 5.23. The number of hydrogen-bond acceptors (Lipinski definition) is 3. The Kier molecular flexibility index (Phi) is 6.53. The van der Waals surface area contributed by atoms with Gasteiger partial charge in [0.25, 0.3) is 5.91 Å². The van der Waals surface area contributed by atoms with Crippen LogP contribution in [0.15, 0.2) is 48.5 Å². The molecule has 0 saturated carbocycles. The molecule has 138 valence electrons. The van der Waals surface area contributed by atoms with Gasteiger partial charge in [0.15, 0.2) is 6.61 Å². The summed E-state index contributed by atoms with van der Waals surface area (Å²) in [4.78, 5) is 16.8.